The number of imidazole rings is 1. The summed E-state index contributed by atoms with van der Waals surface area (Å²) < 4.78 is 1.98. The van der Waals surface area contributed by atoms with Gasteiger partial charge >= 0.3 is 0 Å². The molecule has 0 spiro atoms. The number of hydrogen-bond donors (Lipinski definition) is 0. The second-order valence-corrected chi connectivity index (χ2v) is 4.85. The summed E-state index contributed by atoms with van der Waals surface area (Å²) in [6.07, 6.45) is 0.792. The maximum atomic E-state index is 6.01. The zero-order valence-corrected chi connectivity index (χ0v) is 11.7. The first-order valence-electron chi connectivity index (χ1n) is 5.90. The summed E-state index contributed by atoms with van der Waals surface area (Å²) in [5.41, 5.74) is 2.42. The zero-order valence-electron chi connectivity index (χ0n) is 10.2. The molecular formula is C14H10Cl2N3. The molecule has 0 unspecified atom stereocenters. The summed E-state index contributed by atoms with van der Waals surface area (Å²) in [6, 6.07) is 12.5. The van der Waals surface area contributed by atoms with Crippen LogP contribution in [0.4, 0.5) is 0 Å². The molecule has 1 radical (unpaired) electrons. The van der Waals surface area contributed by atoms with Crippen LogP contribution in [0, 0.1) is 6.07 Å². The number of aryl methyl sites for hydroxylation is 1. The summed E-state index contributed by atoms with van der Waals surface area (Å²) in [5, 5.41) is 0.707. The van der Waals surface area contributed by atoms with Crippen LogP contribution in [0.5, 0.6) is 0 Å². The number of rotatable bonds is 2. The Morgan fingerprint density at radius 2 is 2.16 bits per heavy atom. The van der Waals surface area contributed by atoms with Gasteiger partial charge in [0, 0.05) is 12.1 Å². The second-order valence-electron chi connectivity index (χ2n) is 4.08. The third-order valence-electron chi connectivity index (χ3n) is 2.88. The van der Waals surface area contributed by atoms with Crippen LogP contribution in [-0.2, 0) is 6.42 Å². The van der Waals surface area contributed by atoms with E-state index < -0.39 is 0 Å². The van der Waals surface area contributed by atoms with Gasteiger partial charge in [-0.1, -0.05) is 42.3 Å². The van der Waals surface area contributed by atoms with E-state index in [1.807, 2.05) is 35.8 Å². The van der Waals surface area contributed by atoms with Crippen LogP contribution < -0.4 is 0 Å². The van der Waals surface area contributed by atoms with E-state index >= 15 is 0 Å². The van der Waals surface area contributed by atoms with Crippen LogP contribution >= 0.6 is 23.2 Å². The molecule has 19 heavy (non-hydrogen) atoms. The average molecular weight is 291 g/mol. The van der Waals surface area contributed by atoms with Crippen molar-refractivity contribution in [2.24, 2.45) is 0 Å². The lowest BCUT2D eigenvalue weighted by atomic mass is 10.3. The Morgan fingerprint density at radius 3 is 2.84 bits per heavy atom. The highest BCUT2D eigenvalue weighted by Crippen LogP contribution is 2.27. The third-order valence-corrected chi connectivity index (χ3v) is 3.55. The molecule has 0 bridgehead atoms. The highest BCUT2D eigenvalue weighted by atomic mass is 35.5. The Bertz CT molecular complexity index is 735. The van der Waals surface area contributed by atoms with Crippen LogP contribution in [0.15, 0.2) is 30.3 Å². The van der Waals surface area contributed by atoms with Crippen molar-refractivity contribution in [1.29, 1.82) is 0 Å². The van der Waals surface area contributed by atoms with E-state index in [1.54, 1.807) is 6.07 Å². The Morgan fingerprint density at radius 1 is 1.32 bits per heavy atom. The van der Waals surface area contributed by atoms with E-state index in [1.165, 1.54) is 0 Å². The first-order chi connectivity index (χ1) is 9.20. The molecular weight excluding hydrogens is 281 g/mol. The predicted molar refractivity (Wildman–Crippen MR) is 77.1 cm³/mol. The summed E-state index contributed by atoms with van der Waals surface area (Å²) in [4.78, 5) is 8.89. The van der Waals surface area contributed by atoms with Gasteiger partial charge in [0.25, 0.3) is 0 Å². The van der Waals surface area contributed by atoms with E-state index in [0.717, 1.165) is 23.4 Å². The molecule has 0 saturated carbocycles. The normalized spacial score (nSPS) is 11.1. The van der Waals surface area contributed by atoms with E-state index in [2.05, 4.69) is 16.0 Å². The lowest BCUT2D eigenvalue weighted by Crippen LogP contribution is -2.00. The maximum absolute atomic E-state index is 6.01. The van der Waals surface area contributed by atoms with Crippen molar-refractivity contribution >= 4 is 34.4 Å². The first kappa shape index (κ1) is 12.5. The molecule has 0 N–H and O–H groups in total. The first-order valence-corrected chi connectivity index (χ1v) is 6.66. The monoisotopic (exact) mass is 290 g/mol. The molecule has 0 saturated heterocycles. The topological polar surface area (TPSA) is 30.7 Å². The molecule has 0 atom stereocenters. The number of fused-ring (bicyclic) bond motifs is 1. The molecule has 95 valence electrons. The van der Waals surface area contributed by atoms with Gasteiger partial charge in [0.1, 0.15) is 16.5 Å². The zero-order chi connectivity index (χ0) is 13.4. The minimum absolute atomic E-state index is 0.290. The van der Waals surface area contributed by atoms with Gasteiger partial charge in [0.05, 0.1) is 5.02 Å². The Hall–Kier alpha value is -1.58. The minimum atomic E-state index is 0.290. The van der Waals surface area contributed by atoms with Crippen molar-refractivity contribution in [1.82, 2.24) is 14.5 Å². The molecule has 3 rings (SSSR count). The summed E-state index contributed by atoms with van der Waals surface area (Å²) in [6.45, 7) is 2.05. The fraction of sp³-hybridized carbons (Fsp3) is 0.143. The fourth-order valence-corrected chi connectivity index (χ4v) is 2.32. The van der Waals surface area contributed by atoms with E-state index in [4.69, 9.17) is 23.2 Å². The van der Waals surface area contributed by atoms with Crippen LogP contribution in [-0.4, -0.2) is 14.5 Å². The highest BCUT2D eigenvalue weighted by molar-refractivity contribution is 6.41. The Balaban J connectivity index is 2.36. The molecule has 2 aromatic heterocycles. The summed E-state index contributed by atoms with van der Waals surface area (Å²) in [7, 11) is 0. The van der Waals surface area contributed by atoms with Gasteiger partial charge in [-0.3, -0.25) is 4.57 Å². The molecule has 0 fully saturated rings. The van der Waals surface area contributed by atoms with Crippen LogP contribution in [0.2, 0.25) is 10.2 Å². The van der Waals surface area contributed by atoms with Gasteiger partial charge in [0.2, 0.25) is 0 Å². The van der Waals surface area contributed by atoms with Gasteiger partial charge in [0.15, 0.2) is 5.65 Å². The molecule has 5 heteroatoms. The van der Waals surface area contributed by atoms with Crippen molar-refractivity contribution < 1.29 is 0 Å². The van der Waals surface area contributed by atoms with Gasteiger partial charge in [-0.25, -0.2) is 9.97 Å². The van der Waals surface area contributed by atoms with Gasteiger partial charge in [-0.2, -0.15) is 0 Å². The molecule has 3 nitrogen and oxygen atoms in total. The minimum Gasteiger partial charge on any atom is -0.281 e. The van der Waals surface area contributed by atoms with Crippen LogP contribution in [0.1, 0.15) is 12.7 Å². The average Bonchev–Trinajstić information content (AvgIpc) is 2.78. The Kier molecular flexibility index (Phi) is 3.17. The number of halogens is 2. The standard InChI is InChI=1S/C14H10Cl2N3/c1-2-12-17-11-8-10(15)13(16)18-14(11)19(12)9-6-4-3-5-7-9/h3-4,6-8H,2H2,1H3. The quantitative estimate of drug-likeness (QED) is 0.666. The Labute approximate surface area is 120 Å². The smallest absolute Gasteiger partial charge is 0.166 e. The van der Waals surface area contributed by atoms with E-state index in [-0.39, 0.29) is 5.15 Å². The van der Waals surface area contributed by atoms with Gasteiger partial charge in [-0.15, -0.1) is 0 Å². The van der Waals surface area contributed by atoms with Crippen molar-refractivity contribution in [3.05, 3.63) is 52.4 Å². The van der Waals surface area contributed by atoms with Crippen molar-refractivity contribution in [2.75, 3.05) is 0 Å². The van der Waals surface area contributed by atoms with Crippen molar-refractivity contribution in [2.45, 2.75) is 13.3 Å². The number of aromatic nitrogens is 3. The van der Waals surface area contributed by atoms with Crippen LogP contribution in [0.3, 0.4) is 0 Å². The molecule has 3 aromatic rings. The third kappa shape index (κ3) is 2.09. The molecule has 2 heterocycles. The molecule has 0 aliphatic carbocycles. The number of nitrogens with zero attached hydrogens (tertiary/aromatic N) is 3. The maximum Gasteiger partial charge on any atom is 0.166 e. The number of benzene rings is 1. The second kappa shape index (κ2) is 4.83. The number of pyridine rings is 1. The summed E-state index contributed by atoms with van der Waals surface area (Å²) >= 11 is 12.0. The van der Waals surface area contributed by atoms with Crippen LogP contribution in [0.25, 0.3) is 16.9 Å². The van der Waals surface area contributed by atoms with Gasteiger partial charge < -0.3 is 0 Å². The molecule has 0 amide bonds. The van der Waals surface area contributed by atoms with E-state index in [0.29, 0.717) is 10.7 Å². The van der Waals surface area contributed by atoms with Crippen molar-refractivity contribution in [3.8, 4) is 5.69 Å². The predicted octanol–water partition coefficient (Wildman–Crippen LogP) is 4.09. The summed E-state index contributed by atoms with van der Waals surface area (Å²) in [5.74, 6) is 0.917. The largest absolute Gasteiger partial charge is 0.281 e. The van der Waals surface area contributed by atoms with Crippen molar-refractivity contribution in [3.63, 3.8) is 0 Å². The fourth-order valence-electron chi connectivity index (χ4n) is 2.04. The molecule has 1 aromatic carbocycles. The van der Waals surface area contributed by atoms with E-state index in [9.17, 15) is 0 Å². The SMILES string of the molecule is CCc1nc2cc(Cl)c(Cl)nc2n1-c1c[c]ccc1. The molecule has 0 aliphatic heterocycles. The molecule has 0 aliphatic rings. The van der Waals surface area contributed by atoms with Gasteiger partial charge in [-0.05, 0) is 24.3 Å². The lowest BCUT2D eigenvalue weighted by molar-refractivity contribution is 0.901. The lowest BCUT2D eigenvalue weighted by Gasteiger charge is -2.07. The number of hydrogen-bond acceptors (Lipinski definition) is 2. The highest BCUT2D eigenvalue weighted by Gasteiger charge is 2.14.